The lowest BCUT2D eigenvalue weighted by molar-refractivity contribution is 0.0976. The monoisotopic (exact) mass is 504 g/mol. The van der Waals surface area contributed by atoms with Gasteiger partial charge in [-0.1, -0.05) is 23.4 Å². The van der Waals surface area contributed by atoms with Crippen molar-refractivity contribution in [1.82, 2.24) is 19.9 Å². The van der Waals surface area contributed by atoms with E-state index in [1.807, 2.05) is 31.0 Å². The summed E-state index contributed by atoms with van der Waals surface area (Å²) in [5.74, 6) is 1.26. The number of ether oxygens (including phenoxy) is 1. The SMILES string of the molecule is CSC.C[C@H]1CC2(CCN(c3ncc(Sc4ccnc(N)c4Cl)c4ncncc34)CC2)CO1. The molecule has 0 bridgehead atoms. The molecule has 3 aromatic heterocycles. The summed E-state index contributed by atoms with van der Waals surface area (Å²) < 4.78 is 5.87. The Morgan fingerprint density at radius 2 is 1.91 bits per heavy atom. The molecule has 10 heteroatoms. The Morgan fingerprint density at radius 3 is 2.61 bits per heavy atom. The Morgan fingerprint density at radius 1 is 1.15 bits per heavy atom. The maximum absolute atomic E-state index is 6.34. The molecule has 2 fully saturated rings. The third-order valence-electron chi connectivity index (χ3n) is 6.11. The molecule has 2 aliphatic heterocycles. The van der Waals surface area contributed by atoms with E-state index < -0.39 is 0 Å². The minimum absolute atomic E-state index is 0.317. The maximum Gasteiger partial charge on any atom is 0.143 e. The maximum atomic E-state index is 6.34. The second-order valence-electron chi connectivity index (χ2n) is 8.56. The van der Waals surface area contributed by atoms with Crippen molar-refractivity contribution in [3.63, 3.8) is 0 Å². The molecule has 2 N–H and O–H groups in total. The zero-order valence-electron chi connectivity index (χ0n) is 19.1. The van der Waals surface area contributed by atoms with E-state index in [4.69, 9.17) is 27.1 Å². The first-order chi connectivity index (χ1) is 16.0. The first kappa shape index (κ1) is 24.3. The smallest absolute Gasteiger partial charge is 0.143 e. The van der Waals surface area contributed by atoms with E-state index in [2.05, 4.69) is 26.8 Å². The zero-order valence-corrected chi connectivity index (χ0v) is 21.5. The molecule has 0 saturated carbocycles. The molecule has 176 valence electrons. The molecule has 33 heavy (non-hydrogen) atoms. The number of nitrogens with zero attached hydrogens (tertiary/aromatic N) is 5. The van der Waals surface area contributed by atoms with Crippen molar-refractivity contribution in [3.05, 3.63) is 36.0 Å². The van der Waals surface area contributed by atoms with E-state index in [-0.39, 0.29) is 0 Å². The van der Waals surface area contributed by atoms with Crippen molar-refractivity contribution in [2.75, 3.05) is 42.8 Å². The quantitative estimate of drug-likeness (QED) is 0.517. The number of pyridine rings is 2. The lowest BCUT2D eigenvalue weighted by atomic mass is 9.77. The van der Waals surface area contributed by atoms with Gasteiger partial charge in [-0.3, -0.25) is 0 Å². The average Bonchev–Trinajstić information content (AvgIpc) is 3.18. The summed E-state index contributed by atoms with van der Waals surface area (Å²) in [7, 11) is 0. The highest BCUT2D eigenvalue weighted by Crippen LogP contribution is 2.44. The average molecular weight is 505 g/mol. The standard InChI is InChI=1S/C21H23ClN6OS.C2H6S/c1-13-8-21(11-29-13)3-6-28(7-4-21)20-14-9-24-12-27-18(14)16(10-26-20)30-15-2-5-25-19(23)17(15)22;1-3-2/h2,5,9-10,12-13H,3-4,6-8,11H2,1H3,(H2,23,25);1-2H3/t13-;/m0./s1. The third-order valence-corrected chi connectivity index (χ3v) is 7.70. The number of rotatable bonds is 3. The second-order valence-corrected chi connectivity index (χ2v) is 10.8. The Balaban J connectivity index is 0.000000821. The molecule has 0 aromatic carbocycles. The minimum Gasteiger partial charge on any atom is -0.382 e. The van der Waals surface area contributed by atoms with Crippen LogP contribution in [0, 0.1) is 5.41 Å². The van der Waals surface area contributed by atoms with Crippen molar-refractivity contribution in [2.24, 2.45) is 5.41 Å². The van der Waals surface area contributed by atoms with Gasteiger partial charge >= 0.3 is 0 Å². The molecule has 0 amide bonds. The van der Waals surface area contributed by atoms with Crippen LogP contribution in [-0.4, -0.2) is 58.2 Å². The van der Waals surface area contributed by atoms with Crippen molar-refractivity contribution >= 4 is 57.7 Å². The van der Waals surface area contributed by atoms with E-state index in [0.29, 0.717) is 22.4 Å². The van der Waals surface area contributed by atoms with Gasteiger partial charge in [-0.25, -0.2) is 19.9 Å². The number of thioether (sulfide) groups is 1. The van der Waals surface area contributed by atoms with Gasteiger partial charge in [0.15, 0.2) is 0 Å². The van der Waals surface area contributed by atoms with Crippen LogP contribution in [0.15, 0.2) is 40.8 Å². The third kappa shape index (κ3) is 5.31. The second kappa shape index (κ2) is 10.6. The van der Waals surface area contributed by atoms with Crippen molar-refractivity contribution in [1.29, 1.82) is 0 Å². The fourth-order valence-corrected chi connectivity index (χ4v) is 5.65. The summed E-state index contributed by atoms with van der Waals surface area (Å²) in [5, 5.41) is 1.40. The predicted molar refractivity (Wildman–Crippen MR) is 138 cm³/mol. The largest absolute Gasteiger partial charge is 0.382 e. The first-order valence-corrected chi connectivity index (χ1v) is 13.7. The molecule has 5 heterocycles. The van der Waals surface area contributed by atoms with Crippen molar-refractivity contribution < 1.29 is 4.74 Å². The summed E-state index contributed by atoms with van der Waals surface area (Å²) in [5.41, 5.74) is 7.05. The van der Waals surface area contributed by atoms with Gasteiger partial charge < -0.3 is 15.4 Å². The highest BCUT2D eigenvalue weighted by Gasteiger charge is 2.41. The van der Waals surface area contributed by atoms with Gasteiger partial charge in [-0.15, -0.1) is 0 Å². The molecular weight excluding hydrogens is 476 g/mol. The lowest BCUT2D eigenvalue weighted by Crippen LogP contribution is -2.41. The number of anilines is 2. The van der Waals surface area contributed by atoms with E-state index in [1.54, 1.807) is 24.3 Å². The molecular formula is C23H29ClN6OS2. The number of hydrogen-bond donors (Lipinski definition) is 1. The van der Waals surface area contributed by atoms with Crippen LogP contribution in [0.4, 0.5) is 11.6 Å². The summed E-state index contributed by atoms with van der Waals surface area (Å²) >= 11 is 9.58. The van der Waals surface area contributed by atoms with Crippen LogP contribution in [0.2, 0.25) is 5.02 Å². The number of nitrogens with two attached hydrogens (primary N) is 1. The van der Waals surface area contributed by atoms with Crippen LogP contribution in [0.1, 0.15) is 26.2 Å². The highest BCUT2D eigenvalue weighted by molar-refractivity contribution is 7.99. The summed E-state index contributed by atoms with van der Waals surface area (Å²) in [6.45, 7) is 4.98. The molecule has 7 nitrogen and oxygen atoms in total. The predicted octanol–water partition coefficient (Wildman–Crippen LogP) is 5.18. The van der Waals surface area contributed by atoms with Crippen LogP contribution < -0.4 is 10.6 Å². The van der Waals surface area contributed by atoms with E-state index >= 15 is 0 Å². The Bertz CT molecular complexity index is 1110. The molecule has 1 spiro atoms. The summed E-state index contributed by atoms with van der Waals surface area (Å²) in [6.07, 6.45) is 14.8. The normalized spacial score (nSPS) is 19.5. The number of halogens is 1. The number of piperidine rings is 1. The van der Waals surface area contributed by atoms with Crippen molar-refractivity contribution in [3.8, 4) is 0 Å². The first-order valence-electron chi connectivity index (χ1n) is 10.9. The zero-order chi connectivity index (χ0) is 23.4. The highest BCUT2D eigenvalue weighted by atomic mass is 35.5. The van der Waals surface area contributed by atoms with Crippen LogP contribution in [0.5, 0.6) is 0 Å². The van der Waals surface area contributed by atoms with Crippen LogP contribution in [0.25, 0.3) is 10.9 Å². The topological polar surface area (TPSA) is 90.1 Å². The Labute approximate surface area is 208 Å². The molecule has 1 atom stereocenters. The van der Waals surface area contributed by atoms with E-state index in [9.17, 15) is 0 Å². The minimum atomic E-state index is 0.317. The number of hydrogen-bond acceptors (Lipinski definition) is 9. The van der Waals surface area contributed by atoms with Gasteiger partial charge in [0.1, 0.15) is 18.0 Å². The molecule has 5 rings (SSSR count). The Kier molecular flexibility index (Phi) is 7.83. The van der Waals surface area contributed by atoms with Crippen molar-refractivity contribution in [2.45, 2.75) is 42.1 Å². The molecule has 2 aliphatic rings. The number of fused-ring (bicyclic) bond motifs is 1. The van der Waals surface area contributed by atoms with E-state index in [0.717, 1.165) is 65.5 Å². The summed E-state index contributed by atoms with van der Waals surface area (Å²) in [4.78, 5) is 21.8. The molecule has 0 unspecified atom stereocenters. The lowest BCUT2D eigenvalue weighted by Gasteiger charge is -2.39. The molecule has 0 radical (unpaired) electrons. The van der Waals surface area contributed by atoms with Gasteiger partial charge in [0, 0.05) is 36.6 Å². The van der Waals surface area contributed by atoms with Gasteiger partial charge in [0.25, 0.3) is 0 Å². The van der Waals surface area contributed by atoms with E-state index in [1.165, 1.54) is 11.8 Å². The van der Waals surface area contributed by atoms with Gasteiger partial charge in [0.2, 0.25) is 0 Å². The van der Waals surface area contributed by atoms with Crippen LogP contribution in [0.3, 0.4) is 0 Å². The van der Waals surface area contributed by atoms with Crippen LogP contribution >= 0.6 is 35.1 Å². The van der Waals surface area contributed by atoms with Gasteiger partial charge in [0.05, 0.1) is 33.5 Å². The van der Waals surface area contributed by atoms with Crippen LogP contribution in [-0.2, 0) is 4.74 Å². The molecule has 0 aliphatic carbocycles. The number of aromatic nitrogens is 4. The fourth-order valence-electron chi connectivity index (χ4n) is 4.49. The molecule has 3 aromatic rings. The number of nitrogen functional groups attached to an aromatic ring is 1. The molecule has 2 saturated heterocycles. The fraction of sp³-hybridized carbons (Fsp3) is 0.478. The van der Waals surface area contributed by atoms with Gasteiger partial charge in [-0.05, 0) is 50.2 Å². The van der Waals surface area contributed by atoms with Gasteiger partial charge in [-0.2, -0.15) is 11.8 Å². The Hall–Kier alpha value is -1.81. The summed E-state index contributed by atoms with van der Waals surface area (Å²) in [6, 6.07) is 1.85.